The summed E-state index contributed by atoms with van der Waals surface area (Å²) in [5.41, 5.74) is -0.0353. The number of hydrogen-bond acceptors (Lipinski definition) is 4. The second kappa shape index (κ2) is 5.34. The molecule has 1 aromatic carbocycles. The van der Waals surface area contributed by atoms with E-state index in [0.29, 0.717) is 0 Å². The van der Waals surface area contributed by atoms with E-state index in [9.17, 15) is 9.18 Å². The predicted molar refractivity (Wildman–Crippen MR) is 55.5 cm³/mol. The van der Waals surface area contributed by atoms with Gasteiger partial charge in [0.15, 0.2) is 11.6 Å². The largest absolute Gasteiger partial charge is 0.496 e. The van der Waals surface area contributed by atoms with Crippen molar-refractivity contribution in [2.24, 2.45) is 0 Å². The minimum atomic E-state index is -0.671. The van der Waals surface area contributed by atoms with Crippen LogP contribution in [0.1, 0.15) is 17.3 Å². The minimum Gasteiger partial charge on any atom is -0.496 e. The Morgan fingerprint density at radius 2 is 2.00 bits per heavy atom. The summed E-state index contributed by atoms with van der Waals surface area (Å²) in [5, 5.41) is 0. The third-order valence-electron chi connectivity index (χ3n) is 1.98. The van der Waals surface area contributed by atoms with Crippen LogP contribution in [0.15, 0.2) is 12.1 Å². The molecule has 0 bridgehead atoms. The summed E-state index contributed by atoms with van der Waals surface area (Å²) < 4.78 is 28.0. The van der Waals surface area contributed by atoms with Crippen LogP contribution < -0.4 is 9.47 Å². The molecule has 0 heterocycles. The lowest BCUT2D eigenvalue weighted by molar-refractivity contribution is 0.0518. The molecule has 0 N–H and O–H groups in total. The molecule has 0 aliphatic carbocycles. The zero-order valence-corrected chi connectivity index (χ0v) is 9.37. The summed E-state index contributed by atoms with van der Waals surface area (Å²) in [6, 6.07) is 2.52. The number of carbonyl (C=O) groups is 1. The maximum absolute atomic E-state index is 13.4. The number of hydrogen-bond donors (Lipinski definition) is 0. The van der Waals surface area contributed by atoms with Gasteiger partial charge in [-0.05, 0) is 19.1 Å². The topological polar surface area (TPSA) is 44.8 Å². The molecule has 1 rings (SSSR count). The highest BCUT2D eigenvalue weighted by Crippen LogP contribution is 2.31. The van der Waals surface area contributed by atoms with Crippen LogP contribution in [0, 0.1) is 5.82 Å². The Bertz CT molecular complexity index is 390. The van der Waals surface area contributed by atoms with Crippen molar-refractivity contribution >= 4 is 5.97 Å². The molecular formula is C11H13FO4. The summed E-state index contributed by atoms with van der Waals surface area (Å²) >= 11 is 0. The van der Waals surface area contributed by atoms with Gasteiger partial charge in [-0.25, -0.2) is 9.18 Å². The van der Waals surface area contributed by atoms with Crippen molar-refractivity contribution in [1.29, 1.82) is 0 Å². The Kier molecular flexibility index (Phi) is 4.10. The quantitative estimate of drug-likeness (QED) is 0.739. The summed E-state index contributed by atoms with van der Waals surface area (Å²) in [6.45, 7) is 1.86. The molecule has 88 valence electrons. The van der Waals surface area contributed by atoms with Gasteiger partial charge in [0, 0.05) is 0 Å². The Hall–Kier alpha value is -1.78. The molecule has 0 amide bonds. The molecule has 0 unspecified atom stereocenters. The van der Waals surface area contributed by atoms with E-state index in [1.165, 1.54) is 26.4 Å². The lowest BCUT2D eigenvalue weighted by Gasteiger charge is -2.12. The highest BCUT2D eigenvalue weighted by Gasteiger charge is 2.22. The van der Waals surface area contributed by atoms with Crippen molar-refractivity contribution in [1.82, 2.24) is 0 Å². The monoisotopic (exact) mass is 228 g/mol. The first-order chi connectivity index (χ1) is 7.65. The van der Waals surface area contributed by atoms with Gasteiger partial charge in [-0.2, -0.15) is 0 Å². The molecule has 0 radical (unpaired) electrons. The molecule has 0 aliphatic rings. The van der Waals surface area contributed by atoms with Gasteiger partial charge >= 0.3 is 5.97 Å². The summed E-state index contributed by atoms with van der Waals surface area (Å²) in [4.78, 5) is 11.6. The molecular weight excluding hydrogens is 215 g/mol. The Labute approximate surface area is 92.9 Å². The molecule has 1 aromatic rings. The molecule has 0 aliphatic heterocycles. The first kappa shape index (κ1) is 12.3. The van der Waals surface area contributed by atoms with Gasteiger partial charge in [0.2, 0.25) is 0 Å². The minimum absolute atomic E-state index is 0.0353. The van der Waals surface area contributed by atoms with Crippen LogP contribution in [0.4, 0.5) is 4.39 Å². The lowest BCUT2D eigenvalue weighted by atomic mass is 10.1. The van der Waals surface area contributed by atoms with Gasteiger partial charge in [-0.3, -0.25) is 0 Å². The van der Waals surface area contributed by atoms with Crippen LogP contribution >= 0.6 is 0 Å². The van der Waals surface area contributed by atoms with Gasteiger partial charge < -0.3 is 14.2 Å². The van der Waals surface area contributed by atoms with Crippen molar-refractivity contribution in [2.75, 3.05) is 20.8 Å². The van der Waals surface area contributed by atoms with E-state index in [1.54, 1.807) is 6.92 Å². The molecule has 0 saturated heterocycles. The zero-order valence-electron chi connectivity index (χ0n) is 9.37. The van der Waals surface area contributed by atoms with E-state index >= 15 is 0 Å². The van der Waals surface area contributed by atoms with E-state index in [0.717, 1.165) is 0 Å². The highest BCUT2D eigenvalue weighted by atomic mass is 19.1. The van der Waals surface area contributed by atoms with E-state index in [4.69, 9.17) is 14.2 Å². The maximum atomic E-state index is 13.4. The molecule has 0 fully saturated rings. The zero-order chi connectivity index (χ0) is 12.1. The van der Waals surface area contributed by atoms with Gasteiger partial charge in [0.05, 0.1) is 20.8 Å². The molecule has 0 spiro atoms. The molecule has 4 nitrogen and oxygen atoms in total. The average Bonchev–Trinajstić information content (AvgIpc) is 2.28. The van der Waals surface area contributed by atoms with Crippen LogP contribution in [-0.4, -0.2) is 26.8 Å². The van der Waals surface area contributed by atoms with Crippen LogP contribution in [0.25, 0.3) is 0 Å². The number of benzene rings is 1. The smallest absolute Gasteiger partial charge is 0.345 e. The highest BCUT2D eigenvalue weighted by molar-refractivity contribution is 5.95. The van der Waals surface area contributed by atoms with Crippen LogP contribution in [0.2, 0.25) is 0 Å². The Morgan fingerprint density at radius 3 is 2.50 bits per heavy atom. The maximum Gasteiger partial charge on any atom is 0.345 e. The van der Waals surface area contributed by atoms with Crippen LogP contribution in [-0.2, 0) is 4.74 Å². The van der Waals surface area contributed by atoms with Gasteiger partial charge in [-0.15, -0.1) is 0 Å². The summed E-state index contributed by atoms with van der Waals surface area (Å²) in [6.07, 6.45) is 0. The number of methoxy groups -OCH3 is 2. The second-order valence-electron chi connectivity index (χ2n) is 2.88. The molecule has 16 heavy (non-hydrogen) atoms. The number of rotatable bonds is 4. The first-order valence-electron chi connectivity index (χ1n) is 4.73. The fourth-order valence-electron chi connectivity index (χ4n) is 1.31. The van der Waals surface area contributed by atoms with Gasteiger partial charge in [0.25, 0.3) is 0 Å². The van der Waals surface area contributed by atoms with E-state index in [-0.39, 0.29) is 23.7 Å². The van der Waals surface area contributed by atoms with Crippen LogP contribution in [0.3, 0.4) is 0 Å². The van der Waals surface area contributed by atoms with E-state index in [2.05, 4.69) is 0 Å². The van der Waals surface area contributed by atoms with Gasteiger partial charge in [0.1, 0.15) is 11.3 Å². The number of carbonyl (C=O) groups excluding carboxylic acids is 1. The second-order valence-corrected chi connectivity index (χ2v) is 2.88. The fourth-order valence-corrected chi connectivity index (χ4v) is 1.31. The first-order valence-corrected chi connectivity index (χ1v) is 4.73. The molecule has 0 aromatic heterocycles. The molecule has 0 atom stereocenters. The van der Waals surface area contributed by atoms with E-state index in [1.807, 2.05) is 0 Å². The third kappa shape index (κ3) is 2.24. The molecule has 0 saturated carbocycles. The summed E-state index contributed by atoms with van der Waals surface area (Å²) in [5.74, 6) is -1.25. The van der Waals surface area contributed by atoms with Gasteiger partial charge in [-0.1, -0.05) is 0 Å². The van der Waals surface area contributed by atoms with Crippen molar-refractivity contribution in [3.63, 3.8) is 0 Å². The van der Waals surface area contributed by atoms with Crippen molar-refractivity contribution in [3.8, 4) is 11.5 Å². The van der Waals surface area contributed by atoms with Crippen molar-refractivity contribution < 1.29 is 23.4 Å². The van der Waals surface area contributed by atoms with Crippen LogP contribution in [0.5, 0.6) is 11.5 Å². The average molecular weight is 228 g/mol. The fraction of sp³-hybridized carbons (Fsp3) is 0.364. The van der Waals surface area contributed by atoms with E-state index < -0.39 is 11.8 Å². The number of esters is 1. The Morgan fingerprint density at radius 1 is 1.31 bits per heavy atom. The standard InChI is InChI=1S/C11H13FO4/c1-4-16-11(13)9-8(14-2)6-5-7(12)10(9)15-3/h5-6H,4H2,1-3H3. The normalized spacial score (nSPS) is 9.75. The lowest BCUT2D eigenvalue weighted by Crippen LogP contribution is -2.10. The third-order valence-corrected chi connectivity index (χ3v) is 1.98. The summed E-state index contributed by atoms with van der Waals surface area (Å²) in [7, 11) is 2.66. The molecule has 5 heteroatoms. The SMILES string of the molecule is CCOC(=O)c1c(OC)ccc(F)c1OC. The number of ether oxygens (including phenoxy) is 3. The number of halogens is 1. The predicted octanol–water partition coefficient (Wildman–Crippen LogP) is 2.02. The van der Waals surface area contributed by atoms with Crippen molar-refractivity contribution in [2.45, 2.75) is 6.92 Å². The van der Waals surface area contributed by atoms with Crippen molar-refractivity contribution in [3.05, 3.63) is 23.5 Å². The Balaban J connectivity index is 3.30.